The average Bonchev–Trinajstić information content (AvgIpc) is 2.99. The van der Waals surface area contributed by atoms with Crippen LogP contribution < -0.4 is 4.74 Å². The molecule has 0 bridgehead atoms. The molecule has 1 fully saturated rings. The van der Waals surface area contributed by atoms with Crippen molar-refractivity contribution in [3.63, 3.8) is 0 Å². The molecule has 0 spiro atoms. The van der Waals surface area contributed by atoms with E-state index >= 15 is 0 Å². The van der Waals surface area contributed by atoms with E-state index in [1.54, 1.807) is 12.4 Å². The number of morpholine rings is 1. The Morgan fingerprint density at radius 2 is 1.65 bits per heavy atom. The first kappa shape index (κ1) is 21.1. The van der Waals surface area contributed by atoms with E-state index < -0.39 is 0 Å². The van der Waals surface area contributed by atoms with Crippen LogP contribution in [0.2, 0.25) is 0 Å². The van der Waals surface area contributed by atoms with Crippen molar-refractivity contribution < 1.29 is 19.1 Å². The maximum atomic E-state index is 13.5. The van der Waals surface area contributed by atoms with E-state index in [0.717, 1.165) is 11.3 Å². The zero-order valence-electron chi connectivity index (χ0n) is 18.1. The Morgan fingerprint density at radius 1 is 1.00 bits per heavy atom. The zero-order chi connectivity index (χ0) is 22.0. The second-order valence-electron chi connectivity index (χ2n) is 7.90. The van der Waals surface area contributed by atoms with Crippen molar-refractivity contribution in [3.05, 3.63) is 65.6 Å². The average molecular weight is 421 g/mol. The minimum absolute atomic E-state index is 0.0324. The van der Waals surface area contributed by atoms with Gasteiger partial charge in [-0.3, -0.25) is 19.5 Å². The van der Waals surface area contributed by atoms with Crippen molar-refractivity contribution in [1.29, 1.82) is 0 Å². The number of carbonyl (C=O) groups excluding carboxylic acids is 2. The van der Waals surface area contributed by atoms with E-state index in [0.29, 0.717) is 36.5 Å². The number of nitrogens with zero attached hydrogens (tertiary/aromatic N) is 3. The Bertz CT molecular complexity index is 978. The van der Waals surface area contributed by atoms with Gasteiger partial charge in [0.05, 0.1) is 30.9 Å². The first-order valence-corrected chi connectivity index (χ1v) is 10.6. The van der Waals surface area contributed by atoms with Crippen molar-refractivity contribution in [1.82, 2.24) is 14.8 Å². The molecule has 3 heterocycles. The molecular weight excluding hydrogens is 394 g/mol. The van der Waals surface area contributed by atoms with Gasteiger partial charge in [-0.15, -0.1) is 0 Å². The highest BCUT2D eigenvalue weighted by Gasteiger charge is 2.43. The first-order chi connectivity index (χ1) is 15.0. The van der Waals surface area contributed by atoms with Gasteiger partial charge in [-0.1, -0.05) is 12.1 Å². The van der Waals surface area contributed by atoms with Gasteiger partial charge in [0.2, 0.25) is 0 Å². The molecular formula is C24H27N3O4. The van der Waals surface area contributed by atoms with Crippen molar-refractivity contribution >= 4 is 17.4 Å². The quantitative estimate of drug-likeness (QED) is 0.668. The fraction of sp³-hybridized carbons (Fsp3) is 0.375. The Labute approximate surface area is 182 Å². The number of hydrogen-bond donors (Lipinski definition) is 0. The van der Waals surface area contributed by atoms with Crippen LogP contribution in [-0.4, -0.2) is 58.5 Å². The number of aromatic nitrogens is 1. The molecule has 0 aliphatic carbocycles. The third kappa shape index (κ3) is 4.32. The van der Waals surface area contributed by atoms with E-state index in [2.05, 4.69) is 4.98 Å². The van der Waals surface area contributed by atoms with Crippen molar-refractivity contribution in [3.8, 4) is 5.75 Å². The van der Waals surface area contributed by atoms with Gasteiger partial charge in [0.15, 0.2) is 0 Å². The maximum Gasteiger partial charge on any atom is 0.278 e. The van der Waals surface area contributed by atoms with E-state index in [9.17, 15) is 9.59 Å². The number of pyridine rings is 1. The van der Waals surface area contributed by atoms with Gasteiger partial charge in [0.1, 0.15) is 11.4 Å². The Morgan fingerprint density at radius 3 is 2.26 bits per heavy atom. The normalized spacial score (nSPS) is 21.8. The van der Waals surface area contributed by atoms with Gasteiger partial charge in [-0.05, 0) is 56.2 Å². The molecule has 0 radical (unpaired) electrons. The van der Waals surface area contributed by atoms with Crippen molar-refractivity contribution in [2.45, 2.75) is 39.5 Å². The van der Waals surface area contributed by atoms with Gasteiger partial charge in [0, 0.05) is 25.5 Å². The van der Waals surface area contributed by atoms with Gasteiger partial charge >= 0.3 is 0 Å². The molecule has 7 heteroatoms. The summed E-state index contributed by atoms with van der Waals surface area (Å²) in [5.41, 5.74) is 2.45. The van der Waals surface area contributed by atoms with Crippen LogP contribution in [-0.2, 0) is 20.9 Å². The Hall–Kier alpha value is -3.19. The summed E-state index contributed by atoms with van der Waals surface area (Å²) in [7, 11) is 0. The molecule has 2 aliphatic heterocycles. The van der Waals surface area contributed by atoms with Crippen molar-refractivity contribution in [2.24, 2.45) is 0 Å². The number of carbonyl (C=O) groups is 2. The number of ether oxygens (including phenoxy) is 2. The zero-order valence-corrected chi connectivity index (χ0v) is 18.1. The highest BCUT2D eigenvalue weighted by atomic mass is 16.5. The lowest BCUT2D eigenvalue weighted by Gasteiger charge is -2.37. The minimum Gasteiger partial charge on any atom is -0.494 e. The Balaban J connectivity index is 1.73. The standard InChI is InChI=1S/C24H27N3O4/c1-4-30-20-7-5-19(6-8-20)21-22(26-13-16(2)31-17(3)14-26)24(29)27(23(21)28)15-18-9-11-25-12-10-18/h5-12,16-17H,4,13-15H2,1-3H3. The van der Waals surface area contributed by atoms with Gasteiger partial charge < -0.3 is 14.4 Å². The number of imide groups is 1. The molecule has 1 aromatic heterocycles. The molecule has 4 rings (SSSR count). The van der Waals surface area contributed by atoms with Crippen molar-refractivity contribution in [2.75, 3.05) is 19.7 Å². The number of benzene rings is 1. The molecule has 0 N–H and O–H groups in total. The van der Waals surface area contributed by atoms with E-state index in [4.69, 9.17) is 9.47 Å². The predicted molar refractivity (Wildman–Crippen MR) is 116 cm³/mol. The number of amides is 2. The van der Waals surface area contributed by atoms with E-state index in [-0.39, 0.29) is 30.6 Å². The van der Waals surface area contributed by atoms with Crippen LogP contribution >= 0.6 is 0 Å². The second kappa shape index (κ2) is 8.89. The van der Waals surface area contributed by atoms with E-state index in [1.807, 2.05) is 62.1 Å². The summed E-state index contributed by atoms with van der Waals surface area (Å²) < 4.78 is 11.4. The third-order valence-corrected chi connectivity index (χ3v) is 5.42. The summed E-state index contributed by atoms with van der Waals surface area (Å²) >= 11 is 0. The first-order valence-electron chi connectivity index (χ1n) is 10.6. The summed E-state index contributed by atoms with van der Waals surface area (Å²) in [6, 6.07) is 11.0. The minimum atomic E-state index is -0.284. The molecule has 1 saturated heterocycles. The van der Waals surface area contributed by atoms with Crippen LogP contribution in [0.3, 0.4) is 0 Å². The fourth-order valence-electron chi connectivity index (χ4n) is 4.18. The lowest BCUT2D eigenvalue weighted by Crippen LogP contribution is -2.46. The van der Waals surface area contributed by atoms with Gasteiger partial charge in [-0.2, -0.15) is 0 Å². The van der Waals surface area contributed by atoms with Crippen LogP contribution in [0.4, 0.5) is 0 Å². The molecule has 31 heavy (non-hydrogen) atoms. The summed E-state index contributed by atoms with van der Waals surface area (Å²) in [6.07, 6.45) is 3.26. The molecule has 1 aromatic carbocycles. The number of hydrogen-bond acceptors (Lipinski definition) is 6. The molecule has 2 unspecified atom stereocenters. The SMILES string of the molecule is CCOc1ccc(C2=C(N3CC(C)OC(C)C3)C(=O)N(Cc3ccncc3)C2=O)cc1. The molecule has 2 aromatic rings. The topological polar surface area (TPSA) is 72.0 Å². The van der Waals surface area contributed by atoms with Gasteiger partial charge in [-0.25, -0.2) is 0 Å². The second-order valence-corrected chi connectivity index (χ2v) is 7.90. The molecule has 2 aliphatic rings. The highest BCUT2D eigenvalue weighted by Crippen LogP contribution is 2.34. The third-order valence-electron chi connectivity index (χ3n) is 5.42. The molecule has 7 nitrogen and oxygen atoms in total. The van der Waals surface area contributed by atoms with Crippen LogP contribution in [0, 0.1) is 0 Å². The van der Waals surface area contributed by atoms with Gasteiger partial charge in [0.25, 0.3) is 11.8 Å². The molecule has 0 saturated carbocycles. The van der Waals surface area contributed by atoms with E-state index in [1.165, 1.54) is 4.90 Å². The van der Waals surface area contributed by atoms with Crippen LogP contribution in [0.5, 0.6) is 5.75 Å². The monoisotopic (exact) mass is 421 g/mol. The molecule has 2 atom stereocenters. The number of rotatable bonds is 6. The smallest absolute Gasteiger partial charge is 0.278 e. The van der Waals surface area contributed by atoms with Crippen LogP contribution in [0.25, 0.3) is 5.57 Å². The lowest BCUT2D eigenvalue weighted by molar-refractivity contribution is -0.139. The highest BCUT2D eigenvalue weighted by molar-refractivity contribution is 6.35. The summed E-state index contributed by atoms with van der Waals surface area (Å²) in [5, 5.41) is 0. The largest absolute Gasteiger partial charge is 0.494 e. The summed E-state index contributed by atoms with van der Waals surface area (Å²) in [4.78, 5) is 34.3. The summed E-state index contributed by atoms with van der Waals surface area (Å²) in [5.74, 6) is 0.173. The predicted octanol–water partition coefficient (Wildman–Crippen LogP) is 2.87. The lowest BCUT2D eigenvalue weighted by atomic mass is 10.0. The molecule has 2 amide bonds. The maximum absolute atomic E-state index is 13.5. The van der Waals surface area contributed by atoms with Crippen LogP contribution in [0.15, 0.2) is 54.5 Å². The fourth-order valence-corrected chi connectivity index (χ4v) is 4.18. The molecule has 162 valence electrons. The van der Waals surface area contributed by atoms with Crippen LogP contribution in [0.1, 0.15) is 31.9 Å². The Kier molecular flexibility index (Phi) is 6.04. The summed E-state index contributed by atoms with van der Waals surface area (Å²) in [6.45, 7) is 7.77.